The molecule has 0 saturated carbocycles. The minimum atomic E-state index is -4.67. The van der Waals surface area contributed by atoms with E-state index in [4.69, 9.17) is 0 Å². The number of aromatic nitrogens is 3. The maximum absolute atomic E-state index is 12.6. The number of carbonyl (C=O) groups is 1. The lowest BCUT2D eigenvalue weighted by Crippen LogP contribution is -2.15. The molecule has 0 spiro atoms. The van der Waals surface area contributed by atoms with Gasteiger partial charge in [-0.3, -0.25) is 4.79 Å². The van der Waals surface area contributed by atoms with Crippen molar-refractivity contribution in [3.8, 4) is 11.4 Å². The SMILES string of the molecule is Cn1c(SCC(=O)Nc2ccc(S(=O)(=O)C(F)F)cc2)nnc1-c1ccc(C(C)(C)C)cc1. The van der Waals surface area contributed by atoms with Gasteiger partial charge in [0.2, 0.25) is 15.7 Å². The Morgan fingerprint density at radius 1 is 1.06 bits per heavy atom. The van der Waals surface area contributed by atoms with Crippen molar-refractivity contribution in [1.29, 1.82) is 0 Å². The van der Waals surface area contributed by atoms with Gasteiger partial charge in [-0.05, 0) is 35.2 Å². The molecule has 0 aliphatic carbocycles. The molecular weight excluding hydrogens is 470 g/mol. The number of rotatable bonds is 7. The topological polar surface area (TPSA) is 94.0 Å². The summed E-state index contributed by atoms with van der Waals surface area (Å²) in [5.41, 5.74) is 2.46. The molecule has 1 aromatic heterocycles. The Morgan fingerprint density at radius 3 is 2.21 bits per heavy atom. The van der Waals surface area contributed by atoms with Crippen LogP contribution in [0.5, 0.6) is 0 Å². The standard InChI is InChI=1S/C22H24F2N4O3S2/c1-22(2,3)15-7-5-14(6-8-15)19-26-27-21(28(19)4)32-13-18(29)25-16-9-11-17(12-10-16)33(30,31)20(23)24/h5-12,20H,13H2,1-4H3,(H,25,29). The van der Waals surface area contributed by atoms with Crippen molar-refractivity contribution in [2.24, 2.45) is 7.05 Å². The van der Waals surface area contributed by atoms with Crippen LogP contribution in [0, 0.1) is 0 Å². The van der Waals surface area contributed by atoms with Crippen LogP contribution in [-0.2, 0) is 27.1 Å². The Balaban J connectivity index is 1.62. The van der Waals surface area contributed by atoms with Gasteiger partial charge in [0.05, 0.1) is 10.6 Å². The van der Waals surface area contributed by atoms with E-state index in [-0.39, 0.29) is 17.1 Å². The highest BCUT2D eigenvalue weighted by Crippen LogP contribution is 2.27. The molecule has 3 aromatic rings. The lowest BCUT2D eigenvalue weighted by atomic mass is 9.87. The molecule has 0 bridgehead atoms. The molecule has 0 atom stereocenters. The smallest absolute Gasteiger partial charge is 0.325 e. The number of nitrogens with zero attached hydrogens (tertiary/aromatic N) is 3. The second-order valence-electron chi connectivity index (χ2n) is 8.36. The quantitative estimate of drug-likeness (QED) is 0.486. The molecule has 2 aromatic carbocycles. The van der Waals surface area contributed by atoms with Crippen LogP contribution in [0.1, 0.15) is 26.3 Å². The van der Waals surface area contributed by atoms with Crippen LogP contribution in [0.4, 0.5) is 14.5 Å². The first-order valence-electron chi connectivity index (χ1n) is 9.94. The highest BCUT2D eigenvalue weighted by atomic mass is 32.2. The highest BCUT2D eigenvalue weighted by molar-refractivity contribution is 7.99. The Hall–Kier alpha value is -2.79. The molecule has 1 N–H and O–H groups in total. The molecule has 3 rings (SSSR count). The normalized spacial score (nSPS) is 12.2. The van der Waals surface area contributed by atoms with Crippen LogP contribution in [0.25, 0.3) is 11.4 Å². The van der Waals surface area contributed by atoms with Gasteiger partial charge in [-0.15, -0.1) is 10.2 Å². The predicted octanol–water partition coefficient (Wildman–Crippen LogP) is 4.51. The number of thioether (sulfide) groups is 1. The zero-order valence-corrected chi connectivity index (χ0v) is 20.2. The summed E-state index contributed by atoms with van der Waals surface area (Å²) in [6.45, 7) is 6.43. The van der Waals surface area contributed by atoms with E-state index in [2.05, 4.69) is 48.4 Å². The molecule has 0 unspecified atom stereocenters. The van der Waals surface area contributed by atoms with Gasteiger partial charge in [-0.2, -0.15) is 8.78 Å². The number of nitrogens with one attached hydrogen (secondary N) is 1. The van der Waals surface area contributed by atoms with E-state index < -0.39 is 20.5 Å². The molecule has 11 heteroatoms. The molecular formula is C22H24F2N4O3S2. The second kappa shape index (κ2) is 9.60. The minimum Gasteiger partial charge on any atom is -0.325 e. The molecule has 1 amide bonds. The van der Waals surface area contributed by atoms with Crippen LogP contribution in [0.3, 0.4) is 0 Å². The molecule has 33 heavy (non-hydrogen) atoms. The van der Waals surface area contributed by atoms with Gasteiger partial charge < -0.3 is 9.88 Å². The molecule has 0 fully saturated rings. The fraction of sp³-hybridized carbons (Fsp3) is 0.318. The second-order valence-corrected chi connectivity index (χ2v) is 11.2. The summed E-state index contributed by atoms with van der Waals surface area (Å²) >= 11 is 1.19. The Bertz CT molecular complexity index is 1230. The number of hydrogen-bond acceptors (Lipinski definition) is 6. The fourth-order valence-electron chi connectivity index (χ4n) is 2.97. The van der Waals surface area contributed by atoms with Crippen molar-refractivity contribution in [2.75, 3.05) is 11.1 Å². The van der Waals surface area contributed by atoms with Crippen LogP contribution < -0.4 is 5.32 Å². The van der Waals surface area contributed by atoms with Crippen molar-refractivity contribution in [3.05, 3.63) is 54.1 Å². The number of halogens is 2. The first-order chi connectivity index (χ1) is 15.4. The van der Waals surface area contributed by atoms with E-state index in [1.807, 2.05) is 19.2 Å². The number of hydrogen-bond donors (Lipinski definition) is 1. The van der Waals surface area contributed by atoms with E-state index in [0.717, 1.165) is 17.7 Å². The summed E-state index contributed by atoms with van der Waals surface area (Å²) in [5, 5.41) is 11.5. The molecule has 0 saturated heterocycles. The van der Waals surface area contributed by atoms with Crippen molar-refractivity contribution >= 4 is 33.2 Å². The van der Waals surface area contributed by atoms with Gasteiger partial charge in [-0.25, -0.2) is 8.42 Å². The van der Waals surface area contributed by atoms with Crippen LogP contribution >= 0.6 is 11.8 Å². The summed E-state index contributed by atoms with van der Waals surface area (Å²) in [7, 11) is -2.86. The predicted molar refractivity (Wildman–Crippen MR) is 124 cm³/mol. The lowest BCUT2D eigenvalue weighted by molar-refractivity contribution is -0.113. The lowest BCUT2D eigenvalue weighted by Gasteiger charge is -2.19. The van der Waals surface area contributed by atoms with Crippen LogP contribution in [0.2, 0.25) is 0 Å². The van der Waals surface area contributed by atoms with Crippen LogP contribution in [0.15, 0.2) is 58.6 Å². The monoisotopic (exact) mass is 494 g/mol. The van der Waals surface area contributed by atoms with Crippen molar-refractivity contribution < 1.29 is 22.0 Å². The summed E-state index contributed by atoms with van der Waals surface area (Å²) in [4.78, 5) is 11.8. The van der Waals surface area contributed by atoms with Gasteiger partial charge in [0.25, 0.3) is 0 Å². The van der Waals surface area contributed by atoms with Gasteiger partial charge in [0.1, 0.15) is 0 Å². The van der Waals surface area contributed by atoms with E-state index in [1.54, 1.807) is 4.57 Å². The summed E-state index contributed by atoms with van der Waals surface area (Å²) in [5.74, 6) is -3.15. The van der Waals surface area contributed by atoms with Crippen LogP contribution in [-0.4, -0.2) is 40.6 Å². The number of amides is 1. The van der Waals surface area contributed by atoms with Gasteiger partial charge in [0.15, 0.2) is 11.0 Å². The Morgan fingerprint density at radius 2 is 1.67 bits per heavy atom. The summed E-state index contributed by atoms with van der Waals surface area (Å²) in [6, 6.07) is 12.7. The van der Waals surface area contributed by atoms with E-state index in [9.17, 15) is 22.0 Å². The third-order valence-electron chi connectivity index (χ3n) is 4.88. The van der Waals surface area contributed by atoms with E-state index in [0.29, 0.717) is 16.7 Å². The highest BCUT2D eigenvalue weighted by Gasteiger charge is 2.26. The fourth-order valence-corrected chi connectivity index (χ4v) is 4.40. The third-order valence-corrected chi connectivity index (χ3v) is 7.30. The molecule has 7 nitrogen and oxygen atoms in total. The van der Waals surface area contributed by atoms with Crippen molar-refractivity contribution in [1.82, 2.24) is 14.8 Å². The largest absolute Gasteiger partial charge is 0.341 e. The first kappa shape index (κ1) is 24.8. The maximum Gasteiger partial charge on any atom is 0.341 e. The Kier molecular flexibility index (Phi) is 7.23. The Labute approximate surface area is 195 Å². The van der Waals surface area contributed by atoms with Crippen molar-refractivity contribution in [2.45, 2.75) is 42.0 Å². The zero-order chi connectivity index (χ0) is 24.4. The van der Waals surface area contributed by atoms with Gasteiger partial charge in [0, 0.05) is 18.3 Å². The molecule has 176 valence electrons. The number of anilines is 1. The molecule has 0 aliphatic heterocycles. The third kappa shape index (κ3) is 5.77. The van der Waals surface area contributed by atoms with Gasteiger partial charge >= 0.3 is 5.76 Å². The summed E-state index contributed by atoms with van der Waals surface area (Å²) < 4.78 is 49.9. The number of alkyl halides is 2. The molecule has 1 heterocycles. The van der Waals surface area contributed by atoms with E-state index in [1.165, 1.54) is 29.5 Å². The average Bonchev–Trinajstić information content (AvgIpc) is 3.12. The summed E-state index contributed by atoms with van der Waals surface area (Å²) in [6.07, 6.45) is 0. The minimum absolute atomic E-state index is 0.0337. The first-order valence-corrected chi connectivity index (χ1v) is 12.5. The van der Waals surface area contributed by atoms with E-state index >= 15 is 0 Å². The number of sulfone groups is 1. The maximum atomic E-state index is 12.6. The average molecular weight is 495 g/mol. The molecule has 0 radical (unpaired) electrons. The van der Waals surface area contributed by atoms with Gasteiger partial charge in [-0.1, -0.05) is 56.8 Å². The molecule has 0 aliphatic rings. The van der Waals surface area contributed by atoms with Crippen molar-refractivity contribution in [3.63, 3.8) is 0 Å². The zero-order valence-electron chi connectivity index (χ0n) is 18.5. The number of benzene rings is 2. The number of carbonyl (C=O) groups excluding carboxylic acids is 1.